The molecule has 1 N–H and O–H groups in total. The van der Waals surface area contributed by atoms with Gasteiger partial charge in [-0.1, -0.05) is 0 Å². The van der Waals surface area contributed by atoms with E-state index in [0.717, 1.165) is 28.3 Å². The molecule has 0 spiro atoms. The third kappa shape index (κ3) is 4.47. The zero-order valence-corrected chi connectivity index (χ0v) is 18.6. The molecule has 5 nitrogen and oxygen atoms in total. The fourth-order valence-corrected chi connectivity index (χ4v) is 4.56. The van der Waals surface area contributed by atoms with Gasteiger partial charge in [-0.05, 0) is 35.0 Å². The first kappa shape index (κ1) is 21.4. The van der Waals surface area contributed by atoms with Gasteiger partial charge in [-0.3, -0.25) is 9.79 Å². The van der Waals surface area contributed by atoms with Gasteiger partial charge in [0.2, 0.25) is 0 Å². The van der Waals surface area contributed by atoms with E-state index < -0.39 is 0 Å². The van der Waals surface area contributed by atoms with Crippen molar-refractivity contribution in [2.24, 2.45) is 4.99 Å². The predicted molar refractivity (Wildman–Crippen MR) is 124 cm³/mol. The average molecular weight is 448 g/mol. The van der Waals surface area contributed by atoms with Gasteiger partial charge in [0.25, 0.3) is 5.91 Å². The zero-order chi connectivity index (χ0) is 19.5. The van der Waals surface area contributed by atoms with Crippen molar-refractivity contribution < 1.29 is 9.53 Å². The number of anilines is 1. The van der Waals surface area contributed by atoms with Crippen molar-refractivity contribution in [3.05, 3.63) is 68.5 Å². The van der Waals surface area contributed by atoms with Crippen LogP contribution in [0.5, 0.6) is 5.75 Å². The standard InChI is InChI=1S/C21H21N3O2S2.ClH/c1-24-16(11-23-21(25)15-6-8-28-13-15)10-22-20(14-5-7-27-12-14)18-4-3-17(26-2)9-19(18)24;/h3-9,12-13,16H,10-11H2,1-2H3,(H,23,25);1H. The van der Waals surface area contributed by atoms with E-state index in [1.54, 1.807) is 18.4 Å². The van der Waals surface area contributed by atoms with Crippen LogP contribution in [0.15, 0.2) is 56.8 Å². The number of halogens is 1. The fourth-order valence-electron chi connectivity index (χ4n) is 3.29. The van der Waals surface area contributed by atoms with Crippen LogP contribution in [0.2, 0.25) is 0 Å². The number of hydrogen-bond donors (Lipinski definition) is 1. The van der Waals surface area contributed by atoms with E-state index in [2.05, 4.69) is 33.1 Å². The quantitative estimate of drug-likeness (QED) is 0.633. The average Bonchev–Trinajstić information content (AvgIpc) is 3.42. The van der Waals surface area contributed by atoms with Crippen LogP contribution in [0, 0.1) is 0 Å². The molecule has 3 aromatic rings. The minimum Gasteiger partial charge on any atom is -0.497 e. The van der Waals surface area contributed by atoms with Crippen LogP contribution in [0.25, 0.3) is 0 Å². The molecule has 1 atom stereocenters. The molecule has 4 rings (SSSR count). The summed E-state index contributed by atoms with van der Waals surface area (Å²) in [5, 5.41) is 11.0. The van der Waals surface area contributed by atoms with Crippen molar-refractivity contribution in [3.63, 3.8) is 0 Å². The number of fused-ring (bicyclic) bond motifs is 1. The maximum Gasteiger partial charge on any atom is 0.252 e. The summed E-state index contributed by atoms with van der Waals surface area (Å²) in [4.78, 5) is 19.5. The molecule has 2 aromatic heterocycles. The van der Waals surface area contributed by atoms with Gasteiger partial charge in [0, 0.05) is 52.8 Å². The number of likely N-dealkylation sites (N-methyl/N-ethyl adjacent to an activating group) is 1. The molecule has 0 radical (unpaired) electrons. The van der Waals surface area contributed by atoms with Crippen molar-refractivity contribution in [2.45, 2.75) is 6.04 Å². The monoisotopic (exact) mass is 447 g/mol. The Hall–Kier alpha value is -2.35. The number of nitrogens with one attached hydrogen (secondary N) is 1. The predicted octanol–water partition coefficient (Wildman–Crippen LogP) is 4.33. The number of aliphatic imine (C=N–C) groups is 1. The second-order valence-electron chi connectivity index (χ2n) is 6.57. The Labute approximate surface area is 184 Å². The van der Waals surface area contributed by atoms with Gasteiger partial charge in [-0.2, -0.15) is 22.7 Å². The van der Waals surface area contributed by atoms with Gasteiger partial charge in [-0.15, -0.1) is 12.4 Å². The molecule has 1 aliphatic heterocycles. The Morgan fingerprint density at radius 1 is 1.24 bits per heavy atom. The topological polar surface area (TPSA) is 53.9 Å². The summed E-state index contributed by atoms with van der Waals surface area (Å²) in [7, 11) is 3.72. The molecule has 0 saturated heterocycles. The van der Waals surface area contributed by atoms with Crippen LogP contribution < -0.4 is 15.0 Å². The Kier molecular flexibility index (Phi) is 6.95. The Bertz CT molecular complexity index is 988. The third-order valence-electron chi connectivity index (χ3n) is 4.92. The second kappa shape index (κ2) is 9.43. The number of amides is 1. The molecule has 1 amide bonds. The fraction of sp³-hybridized carbons (Fsp3) is 0.238. The molecular weight excluding hydrogens is 426 g/mol. The minimum absolute atomic E-state index is 0. The minimum atomic E-state index is -0.0493. The number of carbonyl (C=O) groups is 1. The largest absolute Gasteiger partial charge is 0.497 e. The van der Waals surface area contributed by atoms with Crippen LogP contribution >= 0.6 is 35.1 Å². The highest BCUT2D eigenvalue weighted by atomic mass is 35.5. The van der Waals surface area contributed by atoms with E-state index in [1.807, 2.05) is 36.0 Å². The highest BCUT2D eigenvalue weighted by Crippen LogP contribution is 2.31. The molecule has 8 heteroatoms. The Morgan fingerprint density at radius 2 is 2.03 bits per heavy atom. The van der Waals surface area contributed by atoms with Gasteiger partial charge >= 0.3 is 0 Å². The number of methoxy groups -OCH3 is 1. The Balaban J connectivity index is 0.00000240. The second-order valence-corrected chi connectivity index (χ2v) is 8.13. The highest BCUT2D eigenvalue weighted by molar-refractivity contribution is 7.08. The molecular formula is C21H22ClN3O2S2. The smallest absolute Gasteiger partial charge is 0.252 e. The molecule has 152 valence electrons. The van der Waals surface area contributed by atoms with E-state index in [4.69, 9.17) is 9.73 Å². The van der Waals surface area contributed by atoms with Gasteiger partial charge in [-0.25, -0.2) is 0 Å². The summed E-state index contributed by atoms with van der Waals surface area (Å²) >= 11 is 3.18. The number of hydrogen-bond acceptors (Lipinski definition) is 6. The van der Waals surface area contributed by atoms with E-state index in [1.165, 1.54) is 11.3 Å². The van der Waals surface area contributed by atoms with Crippen LogP contribution in [0.4, 0.5) is 5.69 Å². The van der Waals surface area contributed by atoms with Crippen molar-refractivity contribution in [1.29, 1.82) is 0 Å². The van der Waals surface area contributed by atoms with Gasteiger partial charge in [0.15, 0.2) is 0 Å². The molecule has 0 bridgehead atoms. The molecule has 1 unspecified atom stereocenters. The molecule has 0 aliphatic carbocycles. The molecule has 29 heavy (non-hydrogen) atoms. The Morgan fingerprint density at radius 3 is 2.72 bits per heavy atom. The lowest BCUT2D eigenvalue weighted by Crippen LogP contribution is -2.43. The first-order valence-corrected chi connectivity index (χ1v) is 10.8. The first-order valence-electron chi connectivity index (χ1n) is 8.96. The first-order chi connectivity index (χ1) is 13.7. The molecule has 0 saturated carbocycles. The molecule has 3 heterocycles. The van der Waals surface area contributed by atoms with Crippen molar-refractivity contribution in [1.82, 2.24) is 5.32 Å². The maximum atomic E-state index is 12.4. The van der Waals surface area contributed by atoms with Crippen molar-refractivity contribution in [3.8, 4) is 5.75 Å². The van der Waals surface area contributed by atoms with Crippen LogP contribution in [-0.4, -0.2) is 44.9 Å². The summed E-state index contributed by atoms with van der Waals surface area (Å²) in [6.07, 6.45) is 0. The van der Waals surface area contributed by atoms with Crippen LogP contribution in [-0.2, 0) is 0 Å². The molecule has 0 fully saturated rings. The number of benzodiazepines with no additional fused rings is 1. The lowest BCUT2D eigenvalue weighted by molar-refractivity contribution is 0.0952. The summed E-state index contributed by atoms with van der Waals surface area (Å²) in [6.45, 7) is 1.12. The third-order valence-corrected chi connectivity index (χ3v) is 6.29. The lowest BCUT2D eigenvalue weighted by Gasteiger charge is -2.29. The van der Waals surface area contributed by atoms with E-state index >= 15 is 0 Å². The van der Waals surface area contributed by atoms with Crippen LogP contribution in [0.1, 0.15) is 21.5 Å². The number of ether oxygens (including phenoxy) is 1. The lowest BCUT2D eigenvalue weighted by atomic mass is 10.0. The van der Waals surface area contributed by atoms with Gasteiger partial charge in [0.05, 0.1) is 25.4 Å². The number of nitrogens with zero attached hydrogens (tertiary/aromatic N) is 2. The van der Waals surface area contributed by atoms with Gasteiger partial charge in [0.1, 0.15) is 5.75 Å². The van der Waals surface area contributed by atoms with E-state index in [-0.39, 0.29) is 24.4 Å². The van der Waals surface area contributed by atoms with E-state index in [0.29, 0.717) is 18.7 Å². The normalized spacial score (nSPS) is 15.6. The highest BCUT2D eigenvalue weighted by Gasteiger charge is 2.25. The number of rotatable bonds is 5. The summed E-state index contributed by atoms with van der Waals surface area (Å²) in [6, 6.07) is 10.0. The zero-order valence-electron chi connectivity index (χ0n) is 16.1. The summed E-state index contributed by atoms with van der Waals surface area (Å²) < 4.78 is 5.44. The maximum absolute atomic E-state index is 12.4. The molecule has 1 aliphatic rings. The summed E-state index contributed by atoms with van der Waals surface area (Å²) in [5.41, 5.74) is 4.93. The number of benzene rings is 1. The van der Waals surface area contributed by atoms with Crippen molar-refractivity contribution >= 4 is 52.4 Å². The summed E-state index contributed by atoms with van der Waals surface area (Å²) in [5.74, 6) is 0.755. The van der Waals surface area contributed by atoms with Crippen molar-refractivity contribution in [2.75, 3.05) is 32.1 Å². The van der Waals surface area contributed by atoms with Gasteiger partial charge < -0.3 is 15.0 Å². The van der Waals surface area contributed by atoms with E-state index in [9.17, 15) is 4.79 Å². The SMILES string of the molecule is COc1ccc2c(c1)N(C)C(CNC(=O)c1ccsc1)CN=C2c1ccsc1.Cl. The number of thiophene rings is 2. The van der Waals surface area contributed by atoms with Crippen LogP contribution in [0.3, 0.4) is 0 Å². The molecule has 1 aromatic carbocycles. The number of carbonyl (C=O) groups excluding carboxylic acids is 1.